The Hall–Kier alpha value is -0.990. The van der Waals surface area contributed by atoms with Crippen molar-refractivity contribution in [1.29, 1.82) is 0 Å². The van der Waals surface area contributed by atoms with Crippen LogP contribution in [0.15, 0.2) is 24.3 Å². The molecule has 0 unspecified atom stereocenters. The molecule has 0 aromatic heterocycles. The lowest BCUT2D eigenvalue weighted by Gasteiger charge is -2.12. The normalized spacial score (nSPS) is 12.1. The molecule has 9 heteroatoms. The number of hydrogen-bond donors (Lipinski definition) is 2. The first-order valence-electron chi connectivity index (χ1n) is 5.37. The minimum atomic E-state index is -3.54. The molecule has 0 heterocycles. The molecule has 0 aliphatic heterocycles. The molecule has 0 aliphatic rings. The lowest BCUT2D eigenvalue weighted by atomic mass is 10.3. The van der Waals surface area contributed by atoms with Gasteiger partial charge in [-0.1, -0.05) is 12.1 Å². The number of halogens is 1. The van der Waals surface area contributed by atoms with Gasteiger partial charge in [-0.15, -0.1) is 11.6 Å². The highest BCUT2D eigenvalue weighted by Gasteiger charge is 2.13. The van der Waals surface area contributed by atoms with E-state index in [2.05, 4.69) is 9.44 Å². The Balaban J connectivity index is 2.96. The quantitative estimate of drug-likeness (QED) is 0.741. The van der Waals surface area contributed by atoms with Gasteiger partial charge < -0.3 is 0 Å². The first-order chi connectivity index (χ1) is 8.73. The zero-order valence-corrected chi connectivity index (χ0v) is 12.6. The Morgan fingerprint density at radius 1 is 1.05 bits per heavy atom. The van der Waals surface area contributed by atoms with Gasteiger partial charge in [-0.2, -0.15) is 0 Å². The van der Waals surface area contributed by atoms with Crippen LogP contribution in [0.4, 0.5) is 11.4 Å². The molecular formula is C10H15ClN2O4S2. The van der Waals surface area contributed by atoms with Crippen molar-refractivity contribution in [1.82, 2.24) is 0 Å². The van der Waals surface area contributed by atoms with Gasteiger partial charge in [0.1, 0.15) is 0 Å². The van der Waals surface area contributed by atoms with Crippen LogP contribution in [0.25, 0.3) is 0 Å². The van der Waals surface area contributed by atoms with Crippen LogP contribution in [-0.2, 0) is 20.0 Å². The van der Waals surface area contributed by atoms with E-state index in [9.17, 15) is 16.8 Å². The number of sulfonamides is 2. The van der Waals surface area contributed by atoms with E-state index in [4.69, 9.17) is 11.6 Å². The summed E-state index contributed by atoms with van der Waals surface area (Å²) in [6.07, 6.45) is 1.31. The molecule has 0 radical (unpaired) electrons. The highest BCUT2D eigenvalue weighted by Crippen LogP contribution is 2.23. The van der Waals surface area contributed by atoms with E-state index in [1.807, 2.05) is 0 Å². The fourth-order valence-corrected chi connectivity index (χ4v) is 3.33. The summed E-state index contributed by atoms with van der Waals surface area (Å²) in [5.41, 5.74) is 0.363. The van der Waals surface area contributed by atoms with Crippen molar-refractivity contribution in [2.75, 3.05) is 27.3 Å². The molecule has 0 amide bonds. The molecule has 0 bridgehead atoms. The van der Waals surface area contributed by atoms with Crippen LogP contribution in [0.3, 0.4) is 0 Å². The summed E-state index contributed by atoms with van der Waals surface area (Å²) in [4.78, 5) is 0. The maximum absolute atomic E-state index is 11.7. The number of nitrogens with one attached hydrogen (secondary N) is 2. The lowest BCUT2D eigenvalue weighted by Crippen LogP contribution is -2.19. The average molecular weight is 327 g/mol. The predicted molar refractivity (Wildman–Crippen MR) is 77.7 cm³/mol. The number of anilines is 2. The van der Waals surface area contributed by atoms with Gasteiger partial charge in [0.25, 0.3) is 0 Å². The van der Waals surface area contributed by atoms with Gasteiger partial charge in [0.15, 0.2) is 0 Å². The van der Waals surface area contributed by atoms with Crippen LogP contribution >= 0.6 is 11.6 Å². The highest BCUT2D eigenvalue weighted by molar-refractivity contribution is 7.93. The largest absolute Gasteiger partial charge is 0.282 e. The molecule has 0 aliphatic carbocycles. The van der Waals surface area contributed by atoms with Crippen molar-refractivity contribution in [3.63, 3.8) is 0 Å². The fraction of sp³-hybridized carbons (Fsp3) is 0.400. The maximum Gasteiger partial charge on any atom is 0.232 e. The molecule has 0 atom stereocenters. The van der Waals surface area contributed by atoms with Crippen molar-refractivity contribution in [3.8, 4) is 0 Å². The zero-order chi connectivity index (χ0) is 14.5. The monoisotopic (exact) mass is 326 g/mol. The van der Waals surface area contributed by atoms with E-state index < -0.39 is 20.0 Å². The molecule has 0 saturated heterocycles. The summed E-state index contributed by atoms with van der Waals surface area (Å²) in [6.45, 7) is 0. The second-order valence-corrected chi connectivity index (χ2v) is 7.85. The Labute approximate surface area is 118 Å². The maximum atomic E-state index is 11.7. The zero-order valence-electron chi connectivity index (χ0n) is 10.3. The Morgan fingerprint density at radius 2 is 1.58 bits per heavy atom. The van der Waals surface area contributed by atoms with Gasteiger partial charge in [0.05, 0.1) is 23.4 Å². The predicted octanol–water partition coefficient (Wildman–Crippen LogP) is 1.43. The molecule has 0 saturated carbocycles. The van der Waals surface area contributed by atoms with E-state index in [1.165, 1.54) is 12.1 Å². The number of para-hydroxylation sites is 2. The van der Waals surface area contributed by atoms with Gasteiger partial charge in [0.2, 0.25) is 20.0 Å². The van der Waals surface area contributed by atoms with Gasteiger partial charge in [-0.25, -0.2) is 16.8 Å². The second kappa shape index (κ2) is 6.44. The van der Waals surface area contributed by atoms with E-state index in [1.54, 1.807) is 12.1 Å². The van der Waals surface area contributed by atoms with Crippen molar-refractivity contribution >= 4 is 43.0 Å². The molecule has 19 heavy (non-hydrogen) atoms. The van der Waals surface area contributed by atoms with E-state index in [-0.39, 0.29) is 23.0 Å². The highest BCUT2D eigenvalue weighted by atomic mass is 35.5. The van der Waals surface area contributed by atoms with Crippen LogP contribution in [0.2, 0.25) is 0 Å². The Kier molecular flexibility index (Phi) is 5.45. The first kappa shape index (κ1) is 16.1. The van der Waals surface area contributed by atoms with Crippen LogP contribution in [-0.4, -0.2) is 34.7 Å². The summed E-state index contributed by atoms with van der Waals surface area (Å²) in [7, 11) is -7.02. The lowest BCUT2D eigenvalue weighted by molar-refractivity contribution is 0.599. The third-order valence-corrected chi connectivity index (χ3v) is 4.25. The fourth-order valence-electron chi connectivity index (χ4n) is 1.32. The van der Waals surface area contributed by atoms with E-state index in [0.29, 0.717) is 6.42 Å². The smallest absolute Gasteiger partial charge is 0.232 e. The molecule has 0 fully saturated rings. The van der Waals surface area contributed by atoms with E-state index in [0.717, 1.165) is 6.26 Å². The summed E-state index contributed by atoms with van der Waals surface area (Å²) >= 11 is 5.45. The molecule has 2 N–H and O–H groups in total. The third kappa shape index (κ3) is 6.13. The molecule has 1 rings (SSSR count). The minimum Gasteiger partial charge on any atom is -0.282 e. The summed E-state index contributed by atoms with van der Waals surface area (Å²) < 4.78 is 50.4. The van der Waals surface area contributed by atoms with Gasteiger partial charge in [0, 0.05) is 5.88 Å². The van der Waals surface area contributed by atoms with Crippen molar-refractivity contribution < 1.29 is 16.8 Å². The standard InChI is InChI=1S/C10H15ClN2O4S2/c1-18(14,15)12-9-5-2-3-6-10(9)13-19(16,17)8-4-7-11/h2-3,5-6,12-13H,4,7-8H2,1H3. The van der Waals surface area contributed by atoms with Crippen LogP contribution in [0.5, 0.6) is 0 Å². The summed E-state index contributed by atoms with van der Waals surface area (Å²) in [6, 6.07) is 6.16. The topological polar surface area (TPSA) is 92.3 Å². The van der Waals surface area contributed by atoms with Crippen molar-refractivity contribution in [3.05, 3.63) is 24.3 Å². The minimum absolute atomic E-state index is 0.121. The first-order valence-corrected chi connectivity index (χ1v) is 9.44. The van der Waals surface area contributed by atoms with Crippen molar-refractivity contribution in [2.24, 2.45) is 0 Å². The van der Waals surface area contributed by atoms with Crippen LogP contribution < -0.4 is 9.44 Å². The molecule has 1 aromatic carbocycles. The summed E-state index contributed by atoms with van der Waals surface area (Å²) in [5, 5.41) is 0. The molecule has 1 aromatic rings. The summed E-state index contributed by atoms with van der Waals surface area (Å²) in [5.74, 6) is 0.119. The third-order valence-electron chi connectivity index (χ3n) is 2.03. The molecule has 108 valence electrons. The number of hydrogen-bond acceptors (Lipinski definition) is 4. The van der Waals surface area contributed by atoms with Gasteiger partial charge >= 0.3 is 0 Å². The second-order valence-electron chi connectivity index (χ2n) is 3.88. The number of benzene rings is 1. The average Bonchev–Trinajstić information content (AvgIpc) is 2.27. The Morgan fingerprint density at radius 3 is 2.05 bits per heavy atom. The molecular weight excluding hydrogens is 312 g/mol. The van der Waals surface area contributed by atoms with Gasteiger partial charge in [-0.3, -0.25) is 9.44 Å². The SMILES string of the molecule is CS(=O)(=O)Nc1ccccc1NS(=O)(=O)CCCCl. The number of rotatable bonds is 7. The van der Waals surface area contributed by atoms with Crippen LogP contribution in [0.1, 0.15) is 6.42 Å². The molecule has 0 spiro atoms. The van der Waals surface area contributed by atoms with Crippen molar-refractivity contribution in [2.45, 2.75) is 6.42 Å². The van der Waals surface area contributed by atoms with Gasteiger partial charge in [-0.05, 0) is 18.6 Å². The van der Waals surface area contributed by atoms with Crippen LogP contribution in [0, 0.1) is 0 Å². The Bertz CT molecular complexity index is 629. The molecule has 6 nitrogen and oxygen atoms in total. The number of alkyl halides is 1. The van der Waals surface area contributed by atoms with E-state index >= 15 is 0 Å².